The smallest absolute Gasteiger partial charge is 0.172 e. The van der Waals surface area contributed by atoms with Crippen LogP contribution < -0.4 is 4.90 Å². The first-order valence-electron chi connectivity index (χ1n) is 8.05. The van der Waals surface area contributed by atoms with E-state index in [0.29, 0.717) is 18.8 Å². The Hall–Kier alpha value is -2.02. The summed E-state index contributed by atoms with van der Waals surface area (Å²) in [6, 6.07) is 11.9. The van der Waals surface area contributed by atoms with Crippen LogP contribution >= 0.6 is 11.3 Å². The molecule has 0 spiro atoms. The van der Waals surface area contributed by atoms with Crippen LogP contribution in [0.4, 0.5) is 5.82 Å². The van der Waals surface area contributed by atoms with Gasteiger partial charge in [-0.25, -0.2) is 9.97 Å². The van der Waals surface area contributed by atoms with Gasteiger partial charge in [-0.15, -0.1) is 11.3 Å². The van der Waals surface area contributed by atoms with Crippen LogP contribution in [0.25, 0.3) is 21.6 Å². The number of β-amino-alcohol motifs (C(OH)–C–C–N with tert-alkyl or cyclic N) is 1. The normalized spacial score (nSPS) is 20.9. The average Bonchev–Trinajstić information content (AvgIpc) is 3.19. The molecule has 2 N–H and O–H groups in total. The number of nitrogens with zero attached hydrogens (tertiary/aromatic N) is 3. The molecule has 2 aromatic heterocycles. The first-order chi connectivity index (χ1) is 11.7. The van der Waals surface area contributed by atoms with Gasteiger partial charge in [0, 0.05) is 16.8 Å². The van der Waals surface area contributed by atoms with Gasteiger partial charge in [0.05, 0.1) is 29.1 Å². The van der Waals surface area contributed by atoms with Crippen LogP contribution in [0.5, 0.6) is 0 Å². The third kappa shape index (κ3) is 2.66. The van der Waals surface area contributed by atoms with Crippen molar-refractivity contribution < 1.29 is 10.2 Å². The summed E-state index contributed by atoms with van der Waals surface area (Å²) in [4.78, 5) is 13.8. The summed E-state index contributed by atoms with van der Waals surface area (Å²) in [6.45, 7) is 2.55. The summed E-state index contributed by atoms with van der Waals surface area (Å²) >= 11 is 1.67. The molecule has 3 heterocycles. The molecule has 1 saturated heterocycles. The number of aryl methyl sites for hydroxylation is 1. The molecule has 1 fully saturated rings. The minimum atomic E-state index is -0.441. The summed E-state index contributed by atoms with van der Waals surface area (Å²) < 4.78 is 0. The highest BCUT2D eigenvalue weighted by Crippen LogP contribution is 2.33. The molecule has 1 aliphatic heterocycles. The van der Waals surface area contributed by atoms with Gasteiger partial charge in [-0.2, -0.15) is 0 Å². The monoisotopic (exact) mass is 341 g/mol. The van der Waals surface area contributed by atoms with E-state index in [1.54, 1.807) is 11.3 Å². The van der Waals surface area contributed by atoms with Crippen molar-refractivity contribution in [2.75, 3.05) is 18.1 Å². The minimum Gasteiger partial charge on any atom is -0.394 e. The van der Waals surface area contributed by atoms with Crippen LogP contribution in [0.3, 0.4) is 0 Å². The standard InChI is InChI=1S/C18H19N3O2S/c1-11-6-7-16(24-11)17-19-15-5-3-2-4-14(15)18(20-17)21-9-13(23)8-12(21)10-22/h2-7,12-13,22-23H,8-10H2,1H3/t12-,13-/m0/s1. The highest BCUT2D eigenvalue weighted by Gasteiger charge is 2.32. The van der Waals surface area contributed by atoms with Crippen LogP contribution in [0, 0.1) is 6.92 Å². The highest BCUT2D eigenvalue weighted by molar-refractivity contribution is 7.15. The number of fused-ring (bicyclic) bond motifs is 1. The van der Waals surface area contributed by atoms with Gasteiger partial charge in [-0.05, 0) is 37.6 Å². The van der Waals surface area contributed by atoms with Crippen molar-refractivity contribution >= 4 is 28.1 Å². The number of anilines is 1. The van der Waals surface area contributed by atoms with Crippen LogP contribution in [-0.2, 0) is 0 Å². The minimum absolute atomic E-state index is 0.00281. The second kappa shape index (κ2) is 6.12. The molecule has 5 nitrogen and oxygen atoms in total. The number of para-hydroxylation sites is 1. The van der Waals surface area contributed by atoms with Crippen LogP contribution in [0.15, 0.2) is 36.4 Å². The third-order valence-electron chi connectivity index (χ3n) is 4.42. The van der Waals surface area contributed by atoms with Crippen molar-refractivity contribution in [1.82, 2.24) is 9.97 Å². The Kier molecular flexibility index (Phi) is 3.96. The predicted molar refractivity (Wildman–Crippen MR) is 96.4 cm³/mol. The number of benzene rings is 1. The summed E-state index contributed by atoms with van der Waals surface area (Å²) in [5, 5.41) is 20.7. The third-order valence-corrected chi connectivity index (χ3v) is 5.42. The Morgan fingerprint density at radius 1 is 1.21 bits per heavy atom. The van der Waals surface area contributed by atoms with E-state index >= 15 is 0 Å². The average molecular weight is 341 g/mol. The number of aliphatic hydroxyl groups excluding tert-OH is 2. The van der Waals surface area contributed by atoms with E-state index < -0.39 is 6.10 Å². The fraction of sp³-hybridized carbons (Fsp3) is 0.333. The van der Waals surface area contributed by atoms with Crippen molar-refractivity contribution in [2.24, 2.45) is 0 Å². The lowest BCUT2D eigenvalue weighted by Gasteiger charge is -2.25. The SMILES string of the molecule is Cc1ccc(-c2nc(N3C[C@@H](O)C[C@H]3CO)c3ccccc3n2)s1. The first-order valence-corrected chi connectivity index (χ1v) is 8.86. The van der Waals surface area contributed by atoms with Gasteiger partial charge < -0.3 is 15.1 Å². The van der Waals surface area contributed by atoms with Gasteiger partial charge in [0.15, 0.2) is 5.82 Å². The molecule has 6 heteroatoms. The molecule has 0 amide bonds. The molecule has 3 aromatic rings. The number of hydrogen-bond acceptors (Lipinski definition) is 6. The van der Waals surface area contributed by atoms with Crippen molar-refractivity contribution in [2.45, 2.75) is 25.5 Å². The van der Waals surface area contributed by atoms with E-state index in [1.165, 1.54) is 4.88 Å². The topological polar surface area (TPSA) is 69.5 Å². The number of thiophene rings is 1. The molecule has 0 bridgehead atoms. The van der Waals surface area contributed by atoms with E-state index in [0.717, 1.165) is 21.6 Å². The lowest BCUT2D eigenvalue weighted by molar-refractivity contribution is 0.184. The molecule has 0 unspecified atom stereocenters. The van der Waals surface area contributed by atoms with E-state index in [2.05, 4.69) is 13.0 Å². The molecule has 4 rings (SSSR count). The Morgan fingerprint density at radius 3 is 2.79 bits per heavy atom. The van der Waals surface area contributed by atoms with Gasteiger partial charge in [0.1, 0.15) is 5.82 Å². The van der Waals surface area contributed by atoms with E-state index in [1.807, 2.05) is 35.2 Å². The lowest BCUT2D eigenvalue weighted by atomic mass is 10.2. The molecule has 0 saturated carbocycles. The Bertz CT molecular complexity index is 880. The second-order valence-corrected chi connectivity index (χ2v) is 7.46. The molecular weight excluding hydrogens is 322 g/mol. The van der Waals surface area contributed by atoms with Crippen molar-refractivity contribution in [1.29, 1.82) is 0 Å². The fourth-order valence-corrected chi connectivity index (χ4v) is 4.07. The number of hydrogen-bond donors (Lipinski definition) is 2. The molecule has 1 aliphatic rings. The molecule has 24 heavy (non-hydrogen) atoms. The van der Waals surface area contributed by atoms with Gasteiger partial charge in [-0.1, -0.05) is 12.1 Å². The maximum Gasteiger partial charge on any atom is 0.172 e. The summed E-state index contributed by atoms with van der Waals surface area (Å²) in [5.41, 5.74) is 0.877. The van der Waals surface area contributed by atoms with Gasteiger partial charge in [0.25, 0.3) is 0 Å². The summed E-state index contributed by atoms with van der Waals surface area (Å²) in [6.07, 6.45) is 0.116. The molecule has 1 aromatic carbocycles. The van der Waals surface area contributed by atoms with E-state index in [4.69, 9.17) is 9.97 Å². The lowest BCUT2D eigenvalue weighted by Crippen LogP contribution is -2.33. The summed E-state index contributed by atoms with van der Waals surface area (Å²) in [5.74, 6) is 1.48. The maximum atomic E-state index is 10.0. The Labute approximate surface area is 144 Å². The maximum absolute atomic E-state index is 10.0. The first kappa shape index (κ1) is 15.5. The number of rotatable bonds is 3. The molecule has 0 radical (unpaired) electrons. The van der Waals surface area contributed by atoms with Crippen LogP contribution in [0.1, 0.15) is 11.3 Å². The zero-order valence-electron chi connectivity index (χ0n) is 13.4. The van der Waals surface area contributed by atoms with Crippen LogP contribution in [-0.4, -0.2) is 45.5 Å². The van der Waals surface area contributed by atoms with Crippen molar-refractivity contribution in [3.05, 3.63) is 41.3 Å². The molecule has 2 atom stereocenters. The molecule has 124 valence electrons. The number of aromatic nitrogens is 2. The highest BCUT2D eigenvalue weighted by atomic mass is 32.1. The van der Waals surface area contributed by atoms with Gasteiger partial charge >= 0.3 is 0 Å². The zero-order chi connectivity index (χ0) is 16.7. The predicted octanol–water partition coefficient (Wildman–Crippen LogP) is 2.60. The second-order valence-electron chi connectivity index (χ2n) is 6.18. The van der Waals surface area contributed by atoms with Gasteiger partial charge in [0.2, 0.25) is 0 Å². The van der Waals surface area contributed by atoms with E-state index in [9.17, 15) is 10.2 Å². The van der Waals surface area contributed by atoms with Gasteiger partial charge in [-0.3, -0.25) is 0 Å². The van der Waals surface area contributed by atoms with E-state index in [-0.39, 0.29) is 12.6 Å². The Morgan fingerprint density at radius 2 is 2.04 bits per heavy atom. The quantitative estimate of drug-likeness (QED) is 0.766. The van der Waals surface area contributed by atoms with Crippen LogP contribution in [0.2, 0.25) is 0 Å². The van der Waals surface area contributed by atoms with Crippen molar-refractivity contribution in [3.63, 3.8) is 0 Å². The Balaban J connectivity index is 1.89. The summed E-state index contributed by atoms with van der Waals surface area (Å²) in [7, 11) is 0. The molecule has 0 aliphatic carbocycles. The van der Waals surface area contributed by atoms with Crippen molar-refractivity contribution in [3.8, 4) is 10.7 Å². The largest absolute Gasteiger partial charge is 0.394 e. The molecular formula is C18H19N3O2S. The fourth-order valence-electron chi connectivity index (χ4n) is 3.27. The number of aliphatic hydroxyl groups is 2. The zero-order valence-corrected chi connectivity index (χ0v) is 14.2.